The second kappa shape index (κ2) is 8.38. The van der Waals surface area contributed by atoms with Crippen molar-refractivity contribution in [2.24, 2.45) is 5.16 Å². The summed E-state index contributed by atoms with van der Waals surface area (Å²) in [5.74, 6) is -2.32. The molecule has 1 N–H and O–H groups in total. The summed E-state index contributed by atoms with van der Waals surface area (Å²) in [6.45, 7) is 0. The summed E-state index contributed by atoms with van der Waals surface area (Å²) in [5, 5.41) is 12.2. The Morgan fingerprint density at radius 1 is 0.833 bits per heavy atom. The Balaban J connectivity index is 2.24. The van der Waals surface area contributed by atoms with Crippen molar-refractivity contribution in [1.82, 2.24) is 0 Å². The summed E-state index contributed by atoms with van der Waals surface area (Å²) in [6, 6.07) is 17.1. The number of oxime groups is 1. The molecule has 0 amide bonds. The molecule has 0 fully saturated rings. The Kier molecular flexibility index (Phi) is 5.96. The van der Waals surface area contributed by atoms with Crippen LogP contribution in [0.15, 0.2) is 65.8 Å². The van der Waals surface area contributed by atoms with Crippen LogP contribution < -0.4 is 0 Å². The maximum absolute atomic E-state index is 12.6. The van der Waals surface area contributed by atoms with Gasteiger partial charge in [0, 0.05) is 11.1 Å². The van der Waals surface area contributed by atoms with Crippen molar-refractivity contribution in [3.05, 3.63) is 71.8 Å². The Bertz CT molecular complexity index is 753. The predicted octanol–water partition coefficient (Wildman–Crippen LogP) is 2.68. The fourth-order valence-corrected chi connectivity index (χ4v) is 1.90. The topological polar surface area (TPSA) is 93.0 Å². The van der Waals surface area contributed by atoms with Crippen molar-refractivity contribution in [1.29, 1.82) is 0 Å². The molecule has 0 atom stereocenters. The Morgan fingerprint density at radius 3 is 1.92 bits per heavy atom. The lowest BCUT2D eigenvalue weighted by molar-refractivity contribution is -0.147. The third-order valence-electron chi connectivity index (χ3n) is 3.08. The first-order valence-corrected chi connectivity index (χ1v) is 7.22. The zero-order valence-corrected chi connectivity index (χ0v) is 12.7. The molecule has 2 rings (SSSR count). The number of ketones is 1. The molecule has 0 aromatic heterocycles. The molecule has 0 aliphatic heterocycles. The molecule has 6 nitrogen and oxygen atoms in total. The van der Waals surface area contributed by atoms with E-state index < -0.39 is 17.7 Å². The van der Waals surface area contributed by atoms with Gasteiger partial charge in [-0.05, 0) is 0 Å². The summed E-state index contributed by atoms with van der Waals surface area (Å²) in [6.07, 6.45) is -0.678. The van der Waals surface area contributed by atoms with Crippen LogP contribution in [0.25, 0.3) is 0 Å². The first kappa shape index (κ1) is 17.1. The zero-order chi connectivity index (χ0) is 17.4. The van der Waals surface area contributed by atoms with Crippen LogP contribution in [0, 0.1) is 0 Å². The molecule has 0 aliphatic carbocycles. The van der Waals surface area contributed by atoms with E-state index in [0.29, 0.717) is 11.1 Å². The molecule has 0 bridgehead atoms. The van der Waals surface area contributed by atoms with Crippen LogP contribution in [-0.4, -0.2) is 28.5 Å². The largest absolute Gasteiger partial charge is 0.481 e. The normalized spacial score (nSPS) is 10.9. The lowest BCUT2D eigenvalue weighted by atomic mass is 10.0. The van der Waals surface area contributed by atoms with Gasteiger partial charge in [0.15, 0.2) is 5.71 Å². The third-order valence-corrected chi connectivity index (χ3v) is 3.08. The van der Waals surface area contributed by atoms with E-state index in [1.807, 2.05) is 0 Å². The van der Waals surface area contributed by atoms with E-state index in [0.717, 1.165) is 0 Å². The number of carboxylic acids is 1. The highest BCUT2D eigenvalue weighted by Crippen LogP contribution is 2.10. The molecular weight excluding hydrogens is 310 g/mol. The highest BCUT2D eigenvalue weighted by Gasteiger charge is 2.18. The van der Waals surface area contributed by atoms with Crippen LogP contribution in [0.3, 0.4) is 0 Å². The van der Waals surface area contributed by atoms with Gasteiger partial charge >= 0.3 is 11.9 Å². The van der Waals surface area contributed by atoms with Crippen molar-refractivity contribution < 1.29 is 24.3 Å². The van der Waals surface area contributed by atoms with Crippen molar-refractivity contribution in [3.8, 4) is 0 Å². The standard InChI is InChI=1S/C18H15NO5/c20-15(21)11-12-16(22)24-19-17(13-7-3-1-4-8-13)18(23)14-9-5-2-6-10-14/h1-10H,11-12H2,(H,20,21)/b19-17+. The number of carbonyl (C=O) groups is 3. The molecule has 0 radical (unpaired) electrons. The van der Waals surface area contributed by atoms with Crippen LogP contribution >= 0.6 is 0 Å². The van der Waals surface area contributed by atoms with E-state index in [1.165, 1.54) is 0 Å². The van der Waals surface area contributed by atoms with Crippen molar-refractivity contribution >= 4 is 23.4 Å². The predicted molar refractivity (Wildman–Crippen MR) is 86.7 cm³/mol. The summed E-state index contributed by atoms with van der Waals surface area (Å²) >= 11 is 0. The highest BCUT2D eigenvalue weighted by molar-refractivity contribution is 6.51. The minimum absolute atomic E-state index is 0.0227. The van der Waals surface area contributed by atoms with Crippen molar-refractivity contribution in [3.63, 3.8) is 0 Å². The second-order valence-electron chi connectivity index (χ2n) is 4.86. The minimum Gasteiger partial charge on any atom is -0.481 e. The average Bonchev–Trinajstić information content (AvgIpc) is 2.61. The first-order valence-electron chi connectivity index (χ1n) is 7.22. The lowest BCUT2D eigenvalue weighted by Gasteiger charge is -2.05. The molecule has 0 unspecified atom stereocenters. The Labute approximate surface area is 138 Å². The van der Waals surface area contributed by atoms with E-state index in [2.05, 4.69) is 5.16 Å². The summed E-state index contributed by atoms with van der Waals surface area (Å²) in [7, 11) is 0. The summed E-state index contributed by atoms with van der Waals surface area (Å²) < 4.78 is 0. The molecule has 122 valence electrons. The quantitative estimate of drug-likeness (QED) is 0.366. The van der Waals surface area contributed by atoms with Gasteiger partial charge < -0.3 is 9.94 Å². The molecule has 0 spiro atoms. The Morgan fingerprint density at radius 2 is 1.38 bits per heavy atom. The number of carboxylic acid groups (broad SMARTS) is 1. The number of benzene rings is 2. The maximum Gasteiger partial charge on any atom is 0.335 e. The maximum atomic E-state index is 12.6. The SMILES string of the molecule is O=C(O)CCC(=O)O/N=C(/C(=O)c1ccccc1)c1ccccc1. The highest BCUT2D eigenvalue weighted by atomic mass is 16.7. The number of hydrogen-bond acceptors (Lipinski definition) is 5. The fraction of sp³-hybridized carbons (Fsp3) is 0.111. The molecular formula is C18H15NO5. The summed E-state index contributed by atoms with van der Waals surface area (Å²) in [5.41, 5.74) is 0.879. The van der Waals surface area contributed by atoms with Gasteiger partial charge in [0.25, 0.3) is 0 Å². The first-order chi connectivity index (χ1) is 11.6. The monoisotopic (exact) mass is 325 g/mol. The molecule has 24 heavy (non-hydrogen) atoms. The third kappa shape index (κ3) is 4.88. The van der Waals surface area contributed by atoms with Gasteiger partial charge in [0.1, 0.15) is 0 Å². The number of Topliss-reactive ketones (excluding diaryl/α,β-unsaturated/α-hetero) is 1. The van der Waals surface area contributed by atoms with Crippen LogP contribution in [0.2, 0.25) is 0 Å². The van der Waals surface area contributed by atoms with Crippen molar-refractivity contribution in [2.45, 2.75) is 12.8 Å². The van der Waals surface area contributed by atoms with Crippen molar-refractivity contribution in [2.75, 3.05) is 0 Å². The average molecular weight is 325 g/mol. The second-order valence-corrected chi connectivity index (χ2v) is 4.86. The number of carbonyl (C=O) groups excluding carboxylic acids is 2. The Hall–Kier alpha value is -3.28. The number of aliphatic carboxylic acids is 1. The van der Waals surface area contributed by atoms with Crippen LogP contribution in [0.1, 0.15) is 28.8 Å². The van der Waals surface area contributed by atoms with Gasteiger partial charge in [-0.15, -0.1) is 0 Å². The van der Waals surface area contributed by atoms with Crippen LogP contribution in [-0.2, 0) is 14.4 Å². The van der Waals surface area contributed by atoms with E-state index in [-0.39, 0.29) is 18.6 Å². The van der Waals surface area contributed by atoms with Gasteiger partial charge in [-0.1, -0.05) is 65.8 Å². The lowest BCUT2D eigenvalue weighted by Crippen LogP contribution is -2.17. The zero-order valence-electron chi connectivity index (χ0n) is 12.7. The molecule has 0 saturated heterocycles. The molecule has 6 heteroatoms. The van der Waals surface area contributed by atoms with E-state index in [1.54, 1.807) is 60.7 Å². The molecule has 0 heterocycles. The summed E-state index contributed by atoms with van der Waals surface area (Å²) in [4.78, 5) is 39.3. The van der Waals surface area contributed by atoms with E-state index >= 15 is 0 Å². The number of nitrogens with zero attached hydrogens (tertiary/aromatic N) is 1. The van der Waals surface area contributed by atoms with E-state index in [9.17, 15) is 14.4 Å². The van der Waals surface area contributed by atoms with Gasteiger partial charge in [-0.25, -0.2) is 4.79 Å². The molecule has 2 aromatic rings. The van der Waals surface area contributed by atoms with E-state index in [4.69, 9.17) is 9.94 Å². The van der Waals surface area contributed by atoms with Gasteiger partial charge in [-0.2, -0.15) is 0 Å². The number of hydrogen-bond donors (Lipinski definition) is 1. The van der Waals surface area contributed by atoms with Gasteiger partial charge in [-0.3, -0.25) is 9.59 Å². The molecule has 0 saturated carbocycles. The minimum atomic E-state index is -1.11. The van der Waals surface area contributed by atoms with Gasteiger partial charge in [0.05, 0.1) is 12.8 Å². The fourth-order valence-electron chi connectivity index (χ4n) is 1.90. The smallest absolute Gasteiger partial charge is 0.335 e. The van der Waals surface area contributed by atoms with Crippen LogP contribution in [0.5, 0.6) is 0 Å². The molecule has 0 aliphatic rings. The van der Waals surface area contributed by atoms with Crippen LogP contribution in [0.4, 0.5) is 0 Å². The molecule has 2 aromatic carbocycles. The van der Waals surface area contributed by atoms with Gasteiger partial charge in [0.2, 0.25) is 5.78 Å². The number of rotatable bonds is 7.